The van der Waals surface area contributed by atoms with Gasteiger partial charge in [-0.1, -0.05) is 18.2 Å². The number of para-hydroxylation sites is 1. The van der Waals surface area contributed by atoms with Crippen LogP contribution < -0.4 is 19.1 Å². The van der Waals surface area contributed by atoms with E-state index in [2.05, 4.69) is 5.32 Å². The van der Waals surface area contributed by atoms with Crippen LogP contribution in [-0.4, -0.2) is 47.7 Å². The Kier molecular flexibility index (Phi) is 8.72. The Morgan fingerprint density at radius 2 is 1.68 bits per heavy atom. The predicted molar refractivity (Wildman–Crippen MR) is 136 cm³/mol. The van der Waals surface area contributed by atoms with Crippen LogP contribution in [-0.2, 0) is 19.6 Å². The van der Waals surface area contributed by atoms with Crippen LogP contribution in [0.5, 0.6) is 11.5 Å². The number of carbonyl (C=O) groups is 2. The van der Waals surface area contributed by atoms with Gasteiger partial charge in [-0.2, -0.15) is 0 Å². The van der Waals surface area contributed by atoms with Crippen molar-refractivity contribution in [3.8, 4) is 11.5 Å². The van der Waals surface area contributed by atoms with Crippen LogP contribution in [0.3, 0.4) is 0 Å². The van der Waals surface area contributed by atoms with Crippen molar-refractivity contribution >= 4 is 33.3 Å². The molecular formula is C26H27FN2O7S. The SMILES string of the molecule is CCOC(=O)c1cccc(NC(=O)CN(c2ccccc2F)S(=O)(=O)c2ccc(OC)c(OC)c2)c1C. The monoisotopic (exact) mass is 530 g/mol. The summed E-state index contributed by atoms with van der Waals surface area (Å²) in [7, 11) is -1.68. The first-order valence-electron chi connectivity index (χ1n) is 11.2. The van der Waals surface area contributed by atoms with Gasteiger partial charge in [0.25, 0.3) is 10.0 Å². The van der Waals surface area contributed by atoms with E-state index >= 15 is 0 Å². The highest BCUT2D eigenvalue weighted by molar-refractivity contribution is 7.92. The number of benzene rings is 3. The lowest BCUT2D eigenvalue weighted by molar-refractivity contribution is -0.114. The van der Waals surface area contributed by atoms with Crippen molar-refractivity contribution in [2.75, 3.05) is 37.0 Å². The van der Waals surface area contributed by atoms with Gasteiger partial charge in [-0.25, -0.2) is 17.6 Å². The number of nitrogens with zero attached hydrogens (tertiary/aromatic N) is 1. The summed E-state index contributed by atoms with van der Waals surface area (Å²) in [6.07, 6.45) is 0. The van der Waals surface area contributed by atoms with E-state index in [1.54, 1.807) is 32.0 Å². The van der Waals surface area contributed by atoms with E-state index in [1.807, 2.05) is 0 Å². The minimum absolute atomic E-state index is 0.146. The first-order chi connectivity index (χ1) is 17.6. The lowest BCUT2D eigenvalue weighted by Gasteiger charge is -2.25. The second kappa shape index (κ2) is 11.7. The van der Waals surface area contributed by atoms with Crippen molar-refractivity contribution in [3.63, 3.8) is 0 Å². The molecule has 0 fully saturated rings. The Morgan fingerprint density at radius 3 is 2.32 bits per heavy atom. The molecule has 0 saturated carbocycles. The van der Waals surface area contributed by atoms with Gasteiger partial charge in [0, 0.05) is 11.8 Å². The van der Waals surface area contributed by atoms with E-state index in [0.29, 0.717) is 15.6 Å². The second-order valence-corrected chi connectivity index (χ2v) is 9.59. The quantitative estimate of drug-likeness (QED) is 0.392. The topological polar surface area (TPSA) is 111 Å². The summed E-state index contributed by atoms with van der Waals surface area (Å²) in [5.41, 5.74) is 0.662. The highest BCUT2D eigenvalue weighted by Crippen LogP contribution is 2.33. The molecule has 3 rings (SSSR count). The van der Waals surface area contributed by atoms with E-state index < -0.39 is 34.3 Å². The largest absolute Gasteiger partial charge is 0.493 e. The lowest BCUT2D eigenvalue weighted by atomic mass is 10.1. The number of hydrogen-bond acceptors (Lipinski definition) is 7. The molecule has 0 aliphatic rings. The van der Waals surface area contributed by atoms with E-state index in [-0.39, 0.29) is 34.2 Å². The smallest absolute Gasteiger partial charge is 0.338 e. The average molecular weight is 531 g/mol. The Bertz CT molecular complexity index is 1410. The van der Waals surface area contributed by atoms with Crippen molar-refractivity contribution in [1.29, 1.82) is 0 Å². The van der Waals surface area contributed by atoms with E-state index in [1.165, 1.54) is 50.6 Å². The maximum absolute atomic E-state index is 14.8. The van der Waals surface area contributed by atoms with Crippen molar-refractivity contribution in [2.24, 2.45) is 0 Å². The third-order valence-electron chi connectivity index (χ3n) is 5.45. The average Bonchev–Trinajstić information content (AvgIpc) is 2.88. The maximum atomic E-state index is 14.8. The molecule has 0 unspecified atom stereocenters. The van der Waals surface area contributed by atoms with Crippen LogP contribution in [0.25, 0.3) is 0 Å². The molecule has 3 aromatic carbocycles. The van der Waals surface area contributed by atoms with Gasteiger partial charge in [-0.3, -0.25) is 9.10 Å². The van der Waals surface area contributed by atoms with Gasteiger partial charge >= 0.3 is 5.97 Å². The maximum Gasteiger partial charge on any atom is 0.338 e. The fourth-order valence-electron chi connectivity index (χ4n) is 3.58. The molecule has 0 bridgehead atoms. The predicted octanol–water partition coefficient (Wildman–Crippen LogP) is 4.16. The molecular weight excluding hydrogens is 503 g/mol. The minimum Gasteiger partial charge on any atom is -0.493 e. The van der Waals surface area contributed by atoms with Gasteiger partial charge in [0.2, 0.25) is 5.91 Å². The molecule has 0 aliphatic heterocycles. The number of rotatable bonds is 10. The first kappa shape index (κ1) is 27.5. The molecule has 9 nitrogen and oxygen atoms in total. The van der Waals surface area contributed by atoms with Crippen molar-refractivity contribution in [1.82, 2.24) is 0 Å². The Labute approximate surface area is 214 Å². The van der Waals surface area contributed by atoms with Crippen LogP contribution >= 0.6 is 0 Å². The summed E-state index contributed by atoms with van der Waals surface area (Å²) in [5.74, 6) is -1.70. The Hall–Kier alpha value is -4.12. The van der Waals surface area contributed by atoms with Gasteiger partial charge < -0.3 is 19.5 Å². The zero-order chi connectivity index (χ0) is 27.2. The van der Waals surface area contributed by atoms with Gasteiger partial charge in [-0.05, 0) is 55.8 Å². The highest BCUT2D eigenvalue weighted by Gasteiger charge is 2.30. The summed E-state index contributed by atoms with van der Waals surface area (Å²) in [6, 6.07) is 13.8. The van der Waals surface area contributed by atoms with E-state index in [4.69, 9.17) is 14.2 Å². The summed E-state index contributed by atoms with van der Waals surface area (Å²) >= 11 is 0. The van der Waals surface area contributed by atoms with Crippen LogP contribution in [0.2, 0.25) is 0 Å². The molecule has 1 amide bonds. The third kappa shape index (κ3) is 6.00. The Balaban J connectivity index is 1.99. The second-order valence-electron chi connectivity index (χ2n) is 7.73. The normalized spacial score (nSPS) is 10.9. The molecule has 1 N–H and O–H groups in total. The number of sulfonamides is 1. The molecule has 0 atom stereocenters. The lowest BCUT2D eigenvalue weighted by Crippen LogP contribution is -2.38. The standard InChI is InChI=1S/C26H27FN2O7S/c1-5-36-26(31)19-9-8-11-21(17(19)2)28-25(30)16-29(22-12-7-6-10-20(22)27)37(32,33)18-13-14-23(34-3)24(15-18)35-4/h6-15H,5,16H2,1-4H3,(H,28,30). The zero-order valence-corrected chi connectivity index (χ0v) is 21.6. The number of nitrogens with one attached hydrogen (secondary N) is 1. The number of hydrogen-bond donors (Lipinski definition) is 1. The molecule has 37 heavy (non-hydrogen) atoms. The number of esters is 1. The van der Waals surface area contributed by atoms with Gasteiger partial charge in [-0.15, -0.1) is 0 Å². The number of methoxy groups -OCH3 is 2. The summed E-state index contributed by atoms with van der Waals surface area (Å²) < 4.78 is 58.1. The first-order valence-corrected chi connectivity index (χ1v) is 12.6. The summed E-state index contributed by atoms with van der Waals surface area (Å²) in [4.78, 5) is 25.0. The molecule has 11 heteroatoms. The van der Waals surface area contributed by atoms with Gasteiger partial charge in [0.05, 0.1) is 37.0 Å². The fourth-order valence-corrected chi connectivity index (χ4v) is 5.02. The van der Waals surface area contributed by atoms with Crippen LogP contribution in [0.4, 0.5) is 15.8 Å². The fraction of sp³-hybridized carbons (Fsp3) is 0.231. The molecule has 0 aliphatic carbocycles. The molecule has 3 aromatic rings. The number of carbonyl (C=O) groups excluding carboxylic acids is 2. The van der Waals surface area contributed by atoms with Crippen molar-refractivity contribution in [3.05, 3.63) is 77.6 Å². The molecule has 0 radical (unpaired) electrons. The van der Waals surface area contributed by atoms with Crippen molar-refractivity contribution < 1.29 is 36.6 Å². The van der Waals surface area contributed by atoms with Gasteiger partial charge in [0.1, 0.15) is 12.4 Å². The minimum atomic E-state index is -4.44. The molecule has 0 heterocycles. The van der Waals surface area contributed by atoms with Crippen LogP contribution in [0.15, 0.2) is 65.6 Å². The third-order valence-corrected chi connectivity index (χ3v) is 7.21. The number of amides is 1. The van der Waals surface area contributed by atoms with Crippen LogP contribution in [0.1, 0.15) is 22.8 Å². The molecule has 196 valence electrons. The number of anilines is 2. The molecule has 0 saturated heterocycles. The number of ether oxygens (including phenoxy) is 3. The molecule has 0 aromatic heterocycles. The number of halogens is 1. The van der Waals surface area contributed by atoms with Crippen LogP contribution in [0, 0.1) is 12.7 Å². The summed E-state index contributed by atoms with van der Waals surface area (Å²) in [6.45, 7) is 2.73. The molecule has 0 spiro atoms. The van der Waals surface area contributed by atoms with Gasteiger partial charge in [0.15, 0.2) is 11.5 Å². The van der Waals surface area contributed by atoms with E-state index in [0.717, 1.165) is 6.07 Å². The Morgan fingerprint density at radius 1 is 0.973 bits per heavy atom. The van der Waals surface area contributed by atoms with E-state index in [9.17, 15) is 22.4 Å². The summed E-state index contributed by atoms with van der Waals surface area (Å²) in [5, 5.41) is 2.61. The zero-order valence-electron chi connectivity index (χ0n) is 20.8. The van der Waals surface area contributed by atoms with Crippen molar-refractivity contribution in [2.45, 2.75) is 18.7 Å². The highest BCUT2D eigenvalue weighted by atomic mass is 32.2.